The summed E-state index contributed by atoms with van der Waals surface area (Å²) in [5, 5.41) is 13.7. The third kappa shape index (κ3) is 2.27. The predicted octanol–water partition coefficient (Wildman–Crippen LogP) is 0.458. The van der Waals surface area contributed by atoms with E-state index in [9.17, 15) is 9.59 Å². The van der Waals surface area contributed by atoms with Gasteiger partial charge >= 0.3 is 5.97 Å². The Hall–Kier alpha value is -1.39. The number of hydrazone groups is 1. The number of aliphatic carboxylic acids is 1. The van der Waals surface area contributed by atoms with Gasteiger partial charge in [0.2, 0.25) is 5.91 Å². The SMILES string of the molecule is CC(C)N1N=C(CC(=O)O)CC1=O. The number of rotatable bonds is 3. The zero-order chi connectivity index (χ0) is 10.0. The summed E-state index contributed by atoms with van der Waals surface area (Å²) >= 11 is 0. The Morgan fingerprint density at radius 3 is 2.69 bits per heavy atom. The van der Waals surface area contributed by atoms with Crippen molar-refractivity contribution in [3.05, 3.63) is 0 Å². The zero-order valence-corrected chi connectivity index (χ0v) is 7.65. The van der Waals surface area contributed by atoms with Crippen LogP contribution in [-0.2, 0) is 9.59 Å². The molecule has 1 rings (SSSR count). The van der Waals surface area contributed by atoms with Crippen molar-refractivity contribution < 1.29 is 14.7 Å². The molecule has 13 heavy (non-hydrogen) atoms. The first kappa shape index (κ1) is 9.70. The normalized spacial score (nSPS) is 16.7. The Morgan fingerprint density at radius 1 is 1.69 bits per heavy atom. The molecule has 5 heteroatoms. The molecule has 1 N–H and O–H groups in total. The van der Waals surface area contributed by atoms with E-state index < -0.39 is 5.97 Å². The first-order valence-corrected chi connectivity index (χ1v) is 4.11. The zero-order valence-electron chi connectivity index (χ0n) is 7.65. The van der Waals surface area contributed by atoms with Crippen LogP contribution >= 0.6 is 0 Å². The van der Waals surface area contributed by atoms with Crippen LogP contribution in [0, 0.1) is 0 Å². The Morgan fingerprint density at radius 2 is 2.31 bits per heavy atom. The average Bonchev–Trinajstić information content (AvgIpc) is 2.29. The monoisotopic (exact) mass is 184 g/mol. The van der Waals surface area contributed by atoms with Gasteiger partial charge in [0.15, 0.2) is 0 Å². The Kier molecular flexibility index (Phi) is 2.65. The topological polar surface area (TPSA) is 70.0 Å². The highest BCUT2D eigenvalue weighted by Crippen LogP contribution is 2.13. The van der Waals surface area contributed by atoms with Gasteiger partial charge in [0.1, 0.15) is 0 Å². The molecule has 1 amide bonds. The summed E-state index contributed by atoms with van der Waals surface area (Å²) in [4.78, 5) is 21.6. The molecule has 0 aromatic rings. The minimum Gasteiger partial charge on any atom is -0.481 e. The predicted molar refractivity (Wildman–Crippen MR) is 46.3 cm³/mol. The lowest BCUT2D eigenvalue weighted by Gasteiger charge is -2.15. The molecule has 0 unspecified atom stereocenters. The third-order valence-corrected chi connectivity index (χ3v) is 1.70. The maximum Gasteiger partial charge on any atom is 0.309 e. The summed E-state index contributed by atoms with van der Waals surface area (Å²) in [7, 11) is 0. The molecule has 0 spiro atoms. The highest BCUT2D eigenvalue weighted by molar-refractivity contribution is 6.10. The lowest BCUT2D eigenvalue weighted by atomic mass is 10.2. The van der Waals surface area contributed by atoms with Crippen LogP contribution in [0.25, 0.3) is 0 Å². The third-order valence-electron chi connectivity index (χ3n) is 1.70. The highest BCUT2D eigenvalue weighted by Gasteiger charge is 2.26. The second-order valence-corrected chi connectivity index (χ2v) is 3.25. The fourth-order valence-corrected chi connectivity index (χ4v) is 1.17. The van der Waals surface area contributed by atoms with E-state index in [1.165, 1.54) is 5.01 Å². The maximum absolute atomic E-state index is 11.2. The van der Waals surface area contributed by atoms with Crippen LogP contribution in [0.15, 0.2) is 5.10 Å². The molecular formula is C8H12N2O3. The largest absolute Gasteiger partial charge is 0.481 e. The number of hydrogen-bond acceptors (Lipinski definition) is 3. The van der Waals surface area contributed by atoms with Crippen LogP contribution < -0.4 is 0 Å². The Bertz CT molecular complexity index is 271. The molecule has 0 aromatic heterocycles. The first-order chi connectivity index (χ1) is 6.00. The molecule has 0 saturated carbocycles. The van der Waals surface area contributed by atoms with Crippen molar-refractivity contribution in [3.63, 3.8) is 0 Å². The van der Waals surface area contributed by atoms with Crippen molar-refractivity contribution in [2.24, 2.45) is 5.10 Å². The standard InChI is InChI=1S/C8H12N2O3/c1-5(2)10-7(11)3-6(9-10)4-8(12)13/h5H,3-4H2,1-2H3,(H,12,13). The van der Waals surface area contributed by atoms with Crippen LogP contribution in [-0.4, -0.2) is 33.7 Å². The fraction of sp³-hybridized carbons (Fsp3) is 0.625. The van der Waals surface area contributed by atoms with Crippen molar-refractivity contribution in [3.8, 4) is 0 Å². The Balaban J connectivity index is 2.66. The van der Waals surface area contributed by atoms with Crippen LogP contribution in [0.4, 0.5) is 0 Å². The molecule has 1 aliphatic heterocycles. The van der Waals surface area contributed by atoms with E-state index in [2.05, 4.69) is 5.10 Å². The summed E-state index contributed by atoms with van der Waals surface area (Å²) < 4.78 is 0. The molecule has 5 nitrogen and oxygen atoms in total. The number of carboxylic acids is 1. The number of nitrogens with zero attached hydrogens (tertiary/aromatic N) is 2. The molecule has 0 fully saturated rings. The number of carbonyl (C=O) groups is 2. The molecule has 0 aliphatic carbocycles. The van der Waals surface area contributed by atoms with E-state index in [0.717, 1.165) is 0 Å². The summed E-state index contributed by atoms with van der Waals surface area (Å²) in [6.45, 7) is 3.68. The molecule has 1 aliphatic rings. The molecule has 0 radical (unpaired) electrons. The van der Waals surface area contributed by atoms with Crippen LogP contribution in [0.2, 0.25) is 0 Å². The van der Waals surface area contributed by atoms with Crippen LogP contribution in [0.1, 0.15) is 26.7 Å². The van der Waals surface area contributed by atoms with Gasteiger partial charge < -0.3 is 5.11 Å². The van der Waals surface area contributed by atoms with Gasteiger partial charge in [-0.15, -0.1) is 0 Å². The van der Waals surface area contributed by atoms with Gasteiger partial charge in [0, 0.05) is 6.04 Å². The molecular weight excluding hydrogens is 172 g/mol. The van der Waals surface area contributed by atoms with Gasteiger partial charge in [0.05, 0.1) is 18.6 Å². The van der Waals surface area contributed by atoms with Crippen LogP contribution in [0.3, 0.4) is 0 Å². The van der Waals surface area contributed by atoms with E-state index in [1.807, 2.05) is 13.8 Å². The van der Waals surface area contributed by atoms with Gasteiger partial charge in [0.25, 0.3) is 0 Å². The van der Waals surface area contributed by atoms with E-state index in [4.69, 9.17) is 5.11 Å². The molecule has 0 saturated heterocycles. The van der Waals surface area contributed by atoms with Crippen molar-refractivity contribution in [1.29, 1.82) is 0 Å². The Labute approximate surface area is 76.0 Å². The number of amides is 1. The highest BCUT2D eigenvalue weighted by atomic mass is 16.4. The van der Waals surface area contributed by atoms with Gasteiger partial charge in [-0.2, -0.15) is 5.10 Å². The van der Waals surface area contributed by atoms with E-state index >= 15 is 0 Å². The average molecular weight is 184 g/mol. The maximum atomic E-state index is 11.2. The van der Waals surface area contributed by atoms with Crippen molar-refractivity contribution in [1.82, 2.24) is 5.01 Å². The fourth-order valence-electron chi connectivity index (χ4n) is 1.17. The van der Waals surface area contributed by atoms with Crippen molar-refractivity contribution in [2.75, 3.05) is 0 Å². The molecule has 0 aromatic carbocycles. The molecule has 0 atom stereocenters. The van der Waals surface area contributed by atoms with Crippen molar-refractivity contribution >= 4 is 17.6 Å². The number of carbonyl (C=O) groups excluding carboxylic acids is 1. The lowest BCUT2D eigenvalue weighted by Crippen LogP contribution is -2.27. The summed E-state index contributed by atoms with van der Waals surface area (Å²) in [5.41, 5.74) is 0.436. The van der Waals surface area contributed by atoms with Gasteiger partial charge in [-0.3, -0.25) is 9.59 Å². The number of hydrogen-bond donors (Lipinski definition) is 1. The minimum atomic E-state index is -0.947. The van der Waals surface area contributed by atoms with Gasteiger partial charge in [-0.25, -0.2) is 5.01 Å². The lowest BCUT2D eigenvalue weighted by molar-refractivity contribution is -0.135. The summed E-state index contributed by atoms with van der Waals surface area (Å²) in [6, 6.07) is -0.00112. The smallest absolute Gasteiger partial charge is 0.309 e. The summed E-state index contributed by atoms with van der Waals surface area (Å²) in [5.74, 6) is -1.07. The van der Waals surface area contributed by atoms with Gasteiger partial charge in [-0.1, -0.05) is 0 Å². The quantitative estimate of drug-likeness (QED) is 0.692. The van der Waals surface area contributed by atoms with E-state index in [1.54, 1.807) is 0 Å². The van der Waals surface area contributed by atoms with Crippen molar-refractivity contribution in [2.45, 2.75) is 32.7 Å². The van der Waals surface area contributed by atoms with Crippen LogP contribution in [0.5, 0.6) is 0 Å². The second-order valence-electron chi connectivity index (χ2n) is 3.25. The molecule has 1 heterocycles. The summed E-state index contributed by atoms with van der Waals surface area (Å²) in [6.07, 6.45) is -0.000556. The molecule has 0 bridgehead atoms. The first-order valence-electron chi connectivity index (χ1n) is 4.11. The van der Waals surface area contributed by atoms with E-state index in [-0.39, 0.29) is 24.8 Å². The van der Waals surface area contributed by atoms with Gasteiger partial charge in [-0.05, 0) is 13.8 Å². The minimum absolute atomic E-state index is 0.00112. The number of carboxylic acid groups (broad SMARTS) is 1. The second kappa shape index (κ2) is 3.55. The molecule has 72 valence electrons. The van der Waals surface area contributed by atoms with E-state index in [0.29, 0.717) is 5.71 Å².